The molecule has 0 rings (SSSR count). The Balaban J connectivity index is 5.24. The van der Waals surface area contributed by atoms with E-state index in [1.165, 1.54) is 205 Å². The zero-order valence-electron chi connectivity index (χ0n) is 59.7. The number of hydrogen-bond acceptors (Lipinski definition) is 15. The molecule has 0 amide bonds. The van der Waals surface area contributed by atoms with Gasteiger partial charge in [-0.3, -0.25) is 37.3 Å². The number of carbonyl (C=O) groups is 4. The van der Waals surface area contributed by atoms with Crippen molar-refractivity contribution in [2.75, 3.05) is 39.6 Å². The SMILES string of the molecule is CCCCCCCCCCCCCCCCCCCC(=O)O[C@H](COC(=O)CCCCCCCCCCCCCC)COP(=O)(O)OC[C@@H](O)COP(=O)(O)OC[C@@H](COC(=O)CCCCCCCCCCC(C)C)OC(=O)CCCCCCCCCCCCCC. The molecule has 0 aromatic carbocycles. The molecule has 92 heavy (non-hydrogen) atoms. The lowest BCUT2D eigenvalue weighted by Crippen LogP contribution is -2.30. The van der Waals surface area contributed by atoms with Gasteiger partial charge in [-0.1, -0.05) is 330 Å². The average molecular weight is 1350 g/mol. The Hall–Kier alpha value is -1.94. The third kappa shape index (κ3) is 66.7. The lowest BCUT2D eigenvalue weighted by Gasteiger charge is -2.21. The topological polar surface area (TPSA) is 237 Å². The fourth-order valence-electron chi connectivity index (χ4n) is 11.2. The Kier molecular flexibility index (Phi) is 64.9. The minimum absolute atomic E-state index is 0.107. The van der Waals surface area contributed by atoms with Crippen LogP contribution in [0, 0.1) is 5.92 Å². The summed E-state index contributed by atoms with van der Waals surface area (Å²) in [4.78, 5) is 72.7. The fraction of sp³-hybridized carbons (Fsp3) is 0.945. The van der Waals surface area contributed by atoms with Gasteiger partial charge in [0, 0.05) is 25.7 Å². The molecule has 19 heteroatoms. The van der Waals surface area contributed by atoms with Crippen LogP contribution in [0.5, 0.6) is 0 Å². The molecule has 0 fully saturated rings. The lowest BCUT2D eigenvalue weighted by atomic mass is 10.0. The number of unbranched alkanes of at least 4 members (excludes halogenated alkanes) is 45. The minimum atomic E-state index is -4.95. The van der Waals surface area contributed by atoms with Crippen LogP contribution in [0.1, 0.15) is 381 Å². The molecule has 0 aliphatic rings. The molecule has 546 valence electrons. The van der Waals surface area contributed by atoms with Gasteiger partial charge in [-0.2, -0.15) is 0 Å². The number of ether oxygens (including phenoxy) is 4. The molecule has 0 bridgehead atoms. The van der Waals surface area contributed by atoms with E-state index in [4.69, 9.17) is 37.0 Å². The Bertz CT molecular complexity index is 1770. The number of hydrogen-bond donors (Lipinski definition) is 3. The normalized spacial score (nSPS) is 14.0. The molecule has 2 unspecified atom stereocenters. The molecule has 0 radical (unpaired) electrons. The smallest absolute Gasteiger partial charge is 0.462 e. The Morgan fingerprint density at radius 1 is 0.293 bits per heavy atom. The predicted octanol–water partition coefficient (Wildman–Crippen LogP) is 21.3. The largest absolute Gasteiger partial charge is 0.472 e. The van der Waals surface area contributed by atoms with E-state index in [-0.39, 0.29) is 25.7 Å². The highest BCUT2D eigenvalue weighted by atomic mass is 31.2. The number of rotatable bonds is 73. The summed E-state index contributed by atoms with van der Waals surface area (Å²) in [6.07, 6.45) is 54.0. The summed E-state index contributed by atoms with van der Waals surface area (Å²) in [6, 6.07) is 0. The fourth-order valence-corrected chi connectivity index (χ4v) is 12.8. The van der Waals surface area contributed by atoms with Crippen molar-refractivity contribution < 1.29 is 80.2 Å². The first-order valence-electron chi connectivity index (χ1n) is 38.1. The van der Waals surface area contributed by atoms with Crippen LogP contribution >= 0.6 is 15.6 Å². The molecule has 3 N–H and O–H groups in total. The minimum Gasteiger partial charge on any atom is -0.462 e. The number of aliphatic hydroxyl groups is 1. The van der Waals surface area contributed by atoms with Gasteiger partial charge in [-0.25, -0.2) is 9.13 Å². The highest BCUT2D eigenvalue weighted by Crippen LogP contribution is 2.45. The van der Waals surface area contributed by atoms with Crippen molar-refractivity contribution in [2.45, 2.75) is 400 Å². The van der Waals surface area contributed by atoms with Crippen molar-refractivity contribution in [2.24, 2.45) is 5.92 Å². The van der Waals surface area contributed by atoms with E-state index in [0.29, 0.717) is 25.7 Å². The molecule has 0 aliphatic carbocycles. The van der Waals surface area contributed by atoms with E-state index >= 15 is 0 Å². The molecule has 0 heterocycles. The summed E-state index contributed by atoms with van der Waals surface area (Å²) in [5, 5.41) is 10.6. The number of aliphatic hydroxyl groups excluding tert-OH is 1. The first-order chi connectivity index (χ1) is 44.5. The quantitative estimate of drug-likeness (QED) is 0.0222. The molecular formula is C73H142O17P2. The van der Waals surface area contributed by atoms with Gasteiger partial charge < -0.3 is 33.8 Å². The van der Waals surface area contributed by atoms with Crippen LogP contribution in [0.15, 0.2) is 0 Å². The lowest BCUT2D eigenvalue weighted by molar-refractivity contribution is -0.161. The maximum absolute atomic E-state index is 13.1. The maximum Gasteiger partial charge on any atom is 0.472 e. The van der Waals surface area contributed by atoms with Crippen molar-refractivity contribution in [3.63, 3.8) is 0 Å². The van der Waals surface area contributed by atoms with Crippen molar-refractivity contribution in [1.82, 2.24) is 0 Å². The number of phosphoric acid groups is 2. The summed E-state index contributed by atoms with van der Waals surface area (Å²) in [7, 11) is -9.90. The van der Waals surface area contributed by atoms with E-state index in [2.05, 4.69) is 34.6 Å². The van der Waals surface area contributed by atoms with Crippen molar-refractivity contribution >= 4 is 39.5 Å². The zero-order valence-corrected chi connectivity index (χ0v) is 61.5. The van der Waals surface area contributed by atoms with Crippen LogP contribution < -0.4 is 0 Å². The Morgan fingerprint density at radius 2 is 0.500 bits per heavy atom. The first-order valence-corrected chi connectivity index (χ1v) is 41.1. The summed E-state index contributed by atoms with van der Waals surface area (Å²) < 4.78 is 68.4. The second-order valence-corrected chi connectivity index (χ2v) is 29.7. The highest BCUT2D eigenvalue weighted by Gasteiger charge is 2.30. The third-order valence-electron chi connectivity index (χ3n) is 17.0. The van der Waals surface area contributed by atoms with E-state index in [1.807, 2.05) is 0 Å². The zero-order chi connectivity index (χ0) is 67.7. The standard InChI is InChI=1S/C73H142O17P2/c1-6-9-12-15-18-21-24-27-28-29-30-31-34-37-44-49-54-59-73(78)89-68(62-83-70(75)56-51-46-41-35-32-25-22-19-16-13-10-7-2)64-87-91(79,80)85-60-67(74)61-86-92(81,82)88-65-69(63-84-71(76)57-52-47-42-39-38-40-45-50-55-66(4)5)90-72(77)58-53-48-43-36-33-26-23-20-17-14-11-8-3/h66-69,74H,6-65H2,1-5H3,(H,79,80)(H,81,82)/t67-,68-,69-/m1/s1. The van der Waals surface area contributed by atoms with E-state index in [0.717, 1.165) is 95.8 Å². The Labute approximate surface area is 562 Å². The van der Waals surface area contributed by atoms with Crippen LogP contribution in [-0.2, 0) is 65.4 Å². The van der Waals surface area contributed by atoms with Crippen LogP contribution in [0.4, 0.5) is 0 Å². The highest BCUT2D eigenvalue weighted by molar-refractivity contribution is 7.47. The van der Waals surface area contributed by atoms with Gasteiger partial charge in [0.2, 0.25) is 0 Å². The molecule has 0 spiro atoms. The van der Waals surface area contributed by atoms with E-state index < -0.39 is 97.5 Å². The first kappa shape index (κ1) is 90.1. The third-order valence-corrected chi connectivity index (χ3v) is 18.9. The summed E-state index contributed by atoms with van der Waals surface area (Å²) in [6.45, 7) is 7.24. The van der Waals surface area contributed by atoms with Gasteiger partial charge in [0.1, 0.15) is 19.3 Å². The molecule has 0 aliphatic heterocycles. The molecule has 5 atom stereocenters. The summed E-state index contributed by atoms with van der Waals surface area (Å²) in [5.41, 5.74) is 0. The van der Waals surface area contributed by atoms with Gasteiger partial charge in [-0.15, -0.1) is 0 Å². The van der Waals surface area contributed by atoms with Gasteiger partial charge >= 0.3 is 39.5 Å². The second-order valence-electron chi connectivity index (χ2n) is 26.8. The second kappa shape index (κ2) is 66.3. The van der Waals surface area contributed by atoms with Crippen LogP contribution in [0.2, 0.25) is 0 Å². The molecule has 0 saturated heterocycles. The van der Waals surface area contributed by atoms with Gasteiger partial charge in [0.05, 0.1) is 26.4 Å². The molecular weight excluding hydrogens is 1210 g/mol. The Morgan fingerprint density at radius 3 is 0.739 bits per heavy atom. The summed E-state index contributed by atoms with van der Waals surface area (Å²) >= 11 is 0. The van der Waals surface area contributed by atoms with Crippen LogP contribution in [0.25, 0.3) is 0 Å². The van der Waals surface area contributed by atoms with E-state index in [9.17, 15) is 43.2 Å². The van der Waals surface area contributed by atoms with Crippen molar-refractivity contribution in [3.8, 4) is 0 Å². The van der Waals surface area contributed by atoms with Crippen LogP contribution in [-0.4, -0.2) is 96.7 Å². The van der Waals surface area contributed by atoms with Crippen LogP contribution in [0.3, 0.4) is 0 Å². The van der Waals surface area contributed by atoms with Crippen molar-refractivity contribution in [1.29, 1.82) is 0 Å². The maximum atomic E-state index is 13.1. The molecule has 17 nitrogen and oxygen atoms in total. The number of esters is 4. The molecule has 0 saturated carbocycles. The number of phosphoric ester groups is 2. The number of carbonyl (C=O) groups excluding carboxylic acids is 4. The van der Waals surface area contributed by atoms with Gasteiger partial charge in [-0.05, 0) is 31.6 Å². The van der Waals surface area contributed by atoms with Gasteiger partial charge in [0.15, 0.2) is 12.2 Å². The predicted molar refractivity (Wildman–Crippen MR) is 372 cm³/mol. The molecule has 0 aromatic heterocycles. The van der Waals surface area contributed by atoms with E-state index in [1.54, 1.807) is 0 Å². The molecule has 0 aromatic rings. The van der Waals surface area contributed by atoms with Gasteiger partial charge in [0.25, 0.3) is 0 Å². The summed E-state index contributed by atoms with van der Waals surface area (Å²) in [5.74, 6) is -1.39. The average Bonchev–Trinajstić information content (AvgIpc) is 1.85. The monoisotopic (exact) mass is 1350 g/mol. The van der Waals surface area contributed by atoms with Crippen molar-refractivity contribution in [3.05, 3.63) is 0 Å².